The van der Waals surface area contributed by atoms with Crippen molar-refractivity contribution in [1.82, 2.24) is 0 Å². The van der Waals surface area contributed by atoms with Crippen LogP contribution in [0.15, 0.2) is 0 Å². The van der Waals surface area contributed by atoms with Crippen LogP contribution in [0.1, 0.15) is 99.3 Å². The van der Waals surface area contributed by atoms with Gasteiger partial charge in [-0.05, 0) is 102 Å². The molecule has 15 nitrogen and oxygen atoms in total. The van der Waals surface area contributed by atoms with Gasteiger partial charge >= 0.3 is 0 Å². The van der Waals surface area contributed by atoms with Crippen molar-refractivity contribution >= 4 is 0 Å². The number of ether oxygens (including phenoxy) is 9. The van der Waals surface area contributed by atoms with Crippen LogP contribution in [0.5, 0.6) is 0 Å². The van der Waals surface area contributed by atoms with Gasteiger partial charge in [0.25, 0.3) is 0 Å². The molecule has 0 spiro atoms. The lowest BCUT2D eigenvalue weighted by molar-refractivity contribution is -0.352. The minimum Gasteiger partial charge on any atom is -0.393 e. The molecule has 4 saturated carbocycles. The summed E-state index contributed by atoms with van der Waals surface area (Å²) in [5, 5.41) is 67.9. The Balaban J connectivity index is 0.946. The summed E-state index contributed by atoms with van der Waals surface area (Å²) in [5.74, 6) is -0.441. The molecule has 0 amide bonds. The molecule has 15 heteroatoms. The van der Waals surface area contributed by atoms with Crippen molar-refractivity contribution in [2.45, 2.75) is 209 Å². The van der Waals surface area contributed by atoms with E-state index in [1.807, 2.05) is 20.8 Å². The fraction of sp³-hybridized carbons (Fsp3) is 1.00. The monoisotopic (exact) mass is 816 g/mol. The number of aliphatic hydroxyl groups excluding tert-OH is 5. The highest BCUT2D eigenvalue weighted by Gasteiger charge is 2.73. The fourth-order valence-electron chi connectivity index (χ4n) is 13.2. The third-order valence-electron chi connectivity index (χ3n) is 16.4. The summed E-state index contributed by atoms with van der Waals surface area (Å²) in [6, 6.07) is 0. The lowest BCUT2D eigenvalue weighted by atomic mass is 9.41. The molecule has 7 rings (SSSR count). The Morgan fingerprint density at radius 2 is 1.26 bits per heavy atom. The topological polar surface area (TPSA) is 204 Å². The normalized spacial score (nSPS) is 56.1. The molecule has 3 heterocycles. The van der Waals surface area contributed by atoms with E-state index in [-0.39, 0.29) is 47.4 Å². The third-order valence-corrected chi connectivity index (χ3v) is 16.4. The smallest absolute Gasteiger partial charge is 0.187 e. The van der Waals surface area contributed by atoms with Crippen molar-refractivity contribution in [3.8, 4) is 0 Å². The first-order chi connectivity index (χ1) is 26.9. The number of rotatable bonds is 10. The lowest BCUT2D eigenvalue weighted by Gasteiger charge is -2.66. The maximum absolute atomic E-state index is 12.4. The predicted molar refractivity (Wildman–Crippen MR) is 202 cm³/mol. The van der Waals surface area contributed by atoms with Gasteiger partial charge in [0.15, 0.2) is 18.9 Å². The number of hydrogen-bond acceptors (Lipinski definition) is 15. The van der Waals surface area contributed by atoms with Crippen molar-refractivity contribution in [3.63, 3.8) is 0 Å². The van der Waals surface area contributed by atoms with E-state index in [0.717, 1.165) is 32.1 Å². The third kappa shape index (κ3) is 7.47. The lowest BCUT2D eigenvalue weighted by Crippen LogP contribution is -2.72. The Hall–Kier alpha value is -0.600. The van der Waals surface area contributed by atoms with E-state index in [2.05, 4.69) is 6.92 Å². The van der Waals surface area contributed by atoms with E-state index in [0.29, 0.717) is 25.7 Å². The van der Waals surface area contributed by atoms with E-state index in [1.165, 1.54) is 7.11 Å². The maximum Gasteiger partial charge on any atom is 0.187 e. The van der Waals surface area contributed by atoms with Crippen molar-refractivity contribution in [1.29, 1.82) is 0 Å². The molecule has 4 aliphatic carbocycles. The molecule has 24 atom stereocenters. The molecule has 0 aromatic rings. The van der Waals surface area contributed by atoms with E-state index in [4.69, 9.17) is 42.6 Å². The van der Waals surface area contributed by atoms with Gasteiger partial charge in [0, 0.05) is 39.6 Å². The maximum atomic E-state index is 12.4. The molecule has 330 valence electrons. The Bertz CT molecular complexity index is 1360. The molecule has 0 bridgehead atoms. The van der Waals surface area contributed by atoms with Gasteiger partial charge in [-0.1, -0.05) is 13.8 Å². The van der Waals surface area contributed by atoms with Crippen molar-refractivity contribution < 1.29 is 73.3 Å². The predicted octanol–water partition coefficient (Wildman–Crippen LogP) is 2.02. The van der Waals surface area contributed by atoms with Crippen LogP contribution in [0.25, 0.3) is 0 Å². The van der Waals surface area contributed by atoms with Crippen LogP contribution >= 0.6 is 0 Å². The quantitative estimate of drug-likeness (QED) is 0.175. The van der Waals surface area contributed by atoms with Gasteiger partial charge in [-0.15, -0.1) is 0 Å². The molecule has 0 aromatic heterocycles. The number of fused-ring (bicyclic) bond motifs is 5. The summed E-state index contributed by atoms with van der Waals surface area (Å²) in [5.41, 5.74) is -2.40. The molecule has 57 heavy (non-hydrogen) atoms. The van der Waals surface area contributed by atoms with Crippen LogP contribution in [-0.4, -0.2) is 162 Å². The van der Waals surface area contributed by atoms with E-state index >= 15 is 0 Å². The zero-order valence-corrected chi connectivity index (χ0v) is 35.3. The van der Waals surface area contributed by atoms with Crippen LogP contribution < -0.4 is 0 Å². The number of hydrogen-bond donors (Lipinski definition) is 6. The summed E-state index contributed by atoms with van der Waals surface area (Å²) in [7, 11) is 4.67. The van der Waals surface area contributed by atoms with Gasteiger partial charge in [-0.2, -0.15) is 0 Å². The van der Waals surface area contributed by atoms with Crippen LogP contribution in [0.4, 0.5) is 0 Å². The first-order valence-electron chi connectivity index (χ1n) is 21.6. The van der Waals surface area contributed by atoms with E-state index < -0.39 is 97.0 Å². The molecule has 0 aromatic carbocycles. The zero-order valence-electron chi connectivity index (χ0n) is 35.3. The Morgan fingerprint density at radius 1 is 0.649 bits per heavy atom. The van der Waals surface area contributed by atoms with E-state index in [1.54, 1.807) is 28.1 Å². The van der Waals surface area contributed by atoms with Gasteiger partial charge in [0.05, 0.1) is 60.5 Å². The standard InChI is InChI=1S/C42H72O15/c1-19(43)25-13-15-42(48)26-11-10-23-16-24(12-14-40(23,5)31(26)33(45)38(47)41(25,42)6)55-29-17-27(49-7)35(21(3)52-29)56-30-18-28(50-8)36(22(4)53-30)57-39-34(46)37(51-9)32(44)20(2)54-39/h19-39,43-48H,10-18H2,1-9H3/t19-,20-,21-,22-,23+,24+,25-,26-,27+,28-,29+,30+,31-,32-,33+,34-,35-,36-,37-,38-,39+,40+,41+,42+/m1/s1. The van der Waals surface area contributed by atoms with Gasteiger partial charge in [-0.3, -0.25) is 0 Å². The van der Waals surface area contributed by atoms with Crippen LogP contribution in [0.2, 0.25) is 0 Å². The first-order valence-corrected chi connectivity index (χ1v) is 21.6. The molecule has 6 N–H and O–H groups in total. The van der Waals surface area contributed by atoms with Crippen LogP contribution in [0.3, 0.4) is 0 Å². The number of aliphatic hydroxyl groups is 6. The van der Waals surface area contributed by atoms with Crippen molar-refractivity contribution in [2.24, 2.45) is 34.5 Å². The summed E-state index contributed by atoms with van der Waals surface area (Å²) in [6.07, 6.45) is -5.55. The average Bonchev–Trinajstić information content (AvgIpc) is 3.46. The molecule has 3 saturated heterocycles. The van der Waals surface area contributed by atoms with Crippen molar-refractivity contribution in [3.05, 3.63) is 0 Å². The van der Waals surface area contributed by atoms with Crippen LogP contribution in [0, 0.1) is 34.5 Å². The van der Waals surface area contributed by atoms with Gasteiger partial charge in [-0.25, -0.2) is 0 Å². The second-order valence-corrected chi connectivity index (χ2v) is 19.1. The Morgan fingerprint density at radius 3 is 1.86 bits per heavy atom. The molecular formula is C42H72O15. The highest BCUT2D eigenvalue weighted by molar-refractivity contribution is 5.22. The highest BCUT2D eigenvalue weighted by atomic mass is 16.8. The van der Waals surface area contributed by atoms with Gasteiger partial charge in [0.2, 0.25) is 0 Å². The Kier molecular flexibility index (Phi) is 13.2. The van der Waals surface area contributed by atoms with Crippen LogP contribution in [-0.2, 0) is 42.6 Å². The second kappa shape index (κ2) is 16.9. The summed E-state index contributed by atoms with van der Waals surface area (Å²) in [6.45, 7) is 11.3. The van der Waals surface area contributed by atoms with Gasteiger partial charge in [0.1, 0.15) is 30.5 Å². The van der Waals surface area contributed by atoms with E-state index in [9.17, 15) is 30.6 Å². The second-order valence-electron chi connectivity index (χ2n) is 19.1. The fourth-order valence-corrected chi connectivity index (χ4v) is 13.2. The molecular weight excluding hydrogens is 744 g/mol. The van der Waals surface area contributed by atoms with Crippen molar-refractivity contribution in [2.75, 3.05) is 21.3 Å². The summed E-state index contributed by atoms with van der Waals surface area (Å²) in [4.78, 5) is 0. The highest BCUT2D eigenvalue weighted by Crippen LogP contribution is 2.69. The molecule has 7 fully saturated rings. The minimum absolute atomic E-state index is 0.0593. The summed E-state index contributed by atoms with van der Waals surface area (Å²) >= 11 is 0. The first kappa shape index (κ1) is 44.5. The minimum atomic E-state index is -1.22. The zero-order chi connectivity index (χ0) is 41.4. The SMILES string of the molecule is CO[C@H]1[C@@H](O)[C@H](O[C@@H]2[C@@H](C)O[C@@H](O[C@H]3[C@@H](OC)C[C@H](O[C@H]4CC[C@@]5(C)[C@@H](CC[C@@H]6[C@@H]5[C@H](O)[C@@H](O)[C@]5(C)[C@@H]([C@@H](C)O)CC[C@]65O)C4)O[C@@H]3C)C[C@H]2OC)O[C@H](C)[C@H]1O. The number of methoxy groups -OCH3 is 3. The average molecular weight is 817 g/mol. The molecule has 0 radical (unpaired) electrons. The molecule has 7 aliphatic rings. The van der Waals surface area contributed by atoms with Gasteiger partial charge < -0.3 is 73.3 Å². The summed E-state index contributed by atoms with van der Waals surface area (Å²) < 4.78 is 55.2. The Labute approximate surface area is 337 Å². The molecule has 3 aliphatic heterocycles. The molecule has 0 unspecified atom stereocenters. The largest absolute Gasteiger partial charge is 0.393 e.